The van der Waals surface area contributed by atoms with Crippen molar-refractivity contribution in [3.05, 3.63) is 56.7 Å². The molecule has 0 radical (unpaired) electrons. The fourth-order valence-electron chi connectivity index (χ4n) is 3.99. The van der Waals surface area contributed by atoms with Gasteiger partial charge in [0, 0.05) is 36.8 Å². The maximum absolute atomic E-state index is 12.9. The Bertz CT molecular complexity index is 925. The van der Waals surface area contributed by atoms with Gasteiger partial charge in [0.05, 0.1) is 29.5 Å². The molecule has 1 fully saturated rings. The first-order chi connectivity index (χ1) is 13.9. The molecule has 0 spiro atoms. The van der Waals surface area contributed by atoms with E-state index in [0.29, 0.717) is 41.2 Å². The number of ether oxygens (including phenoxy) is 1. The minimum Gasteiger partial charge on any atom is -0.376 e. The quantitative estimate of drug-likeness (QED) is 0.712. The van der Waals surface area contributed by atoms with E-state index in [9.17, 15) is 4.79 Å². The highest BCUT2D eigenvalue weighted by atomic mass is 35.5. The van der Waals surface area contributed by atoms with Crippen molar-refractivity contribution in [2.75, 3.05) is 37.7 Å². The molecular weight excluding hydrogens is 409 g/mol. The molecule has 1 aromatic carbocycles. The van der Waals surface area contributed by atoms with Crippen molar-refractivity contribution in [3.63, 3.8) is 0 Å². The van der Waals surface area contributed by atoms with Crippen LogP contribution in [0.4, 0.5) is 5.82 Å². The van der Waals surface area contributed by atoms with Gasteiger partial charge >= 0.3 is 0 Å². The molecular formula is C22H25Cl2N3O2. The van der Waals surface area contributed by atoms with E-state index < -0.39 is 0 Å². The molecule has 29 heavy (non-hydrogen) atoms. The van der Waals surface area contributed by atoms with Crippen LogP contribution >= 0.6 is 23.2 Å². The number of aromatic nitrogens is 1. The molecule has 7 heteroatoms. The molecule has 1 saturated heterocycles. The summed E-state index contributed by atoms with van der Waals surface area (Å²) >= 11 is 12.2. The molecule has 0 atom stereocenters. The van der Waals surface area contributed by atoms with Gasteiger partial charge in [-0.05, 0) is 42.2 Å². The van der Waals surface area contributed by atoms with Crippen LogP contribution in [0, 0.1) is 0 Å². The first kappa shape index (κ1) is 20.5. The highest BCUT2D eigenvalue weighted by Gasteiger charge is 2.26. The number of carbonyl (C=O) groups is 1. The zero-order chi connectivity index (χ0) is 20.5. The van der Waals surface area contributed by atoms with Gasteiger partial charge < -0.3 is 14.5 Å². The van der Waals surface area contributed by atoms with Crippen LogP contribution in [0.2, 0.25) is 10.0 Å². The summed E-state index contributed by atoms with van der Waals surface area (Å²) in [5.41, 5.74) is 4.22. The van der Waals surface area contributed by atoms with E-state index in [-0.39, 0.29) is 5.91 Å². The average molecular weight is 434 g/mol. The van der Waals surface area contributed by atoms with Gasteiger partial charge in [0.15, 0.2) is 0 Å². The maximum atomic E-state index is 12.9. The van der Waals surface area contributed by atoms with Gasteiger partial charge in [-0.15, -0.1) is 0 Å². The van der Waals surface area contributed by atoms with Crippen LogP contribution in [-0.2, 0) is 17.8 Å². The number of carbonyl (C=O) groups excluding carboxylic acids is 1. The number of piperazine rings is 1. The number of anilines is 1. The number of nitrogens with zero attached hydrogens (tertiary/aromatic N) is 3. The lowest BCUT2D eigenvalue weighted by molar-refractivity contribution is 0.0746. The summed E-state index contributed by atoms with van der Waals surface area (Å²) < 4.78 is 5.65. The molecule has 2 aliphatic heterocycles. The zero-order valence-corrected chi connectivity index (χ0v) is 18.3. The molecule has 1 aromatic heterocycles. The summed E-state index contributed by atoms with van der Waals surface area (Å²) in [5, 5.41) is 0.922. The Morgan fingerprint density at radius 2 is 1.90 bits per heavy atom. The lowest BCUT2D eigenvalue weighted by Gasteiger charge is -2.36. The fourth-order valence-corrected chi connectivity index (χ4v) is 4.48. The van der Waals surface area contributed by atoms with Crippen molar-refractivity contribution in [1.29, 1.82) is 0 Å². The third-order valence-electron chi connectivity index (χ3n) is 5.60. The molecule has 0 N–H and O–H groups in total. The number of pyridine rings is 1. The summed E-state index contributed by atoms with van der Waals surface area (Å²) in [4.78, 5) is 21.9. The molecule has 0 unspecified atom stereocenters. The predicted molar refractivity (Wildman–Crippen MR) is 116 cm³/mol. The van der Waals surface area contributed by atoms with Crippen molar-refractivity contribution < 1.29 is 9.53 Å². The minimum atomic E-state index is -0.0512. The van der Waals surface area contributed by atoms with Gasteiger partial charge in [0.1, 0.15) is 5.82 Å². The summed E-state index contributed by atoms with van der Waals surface area (Å²) in [5.74, 6) is 1.30. The maximum Gasteiger partial charge on any atom is 0.255 e. The van der Waals surface area contributed by atoms with Gasteiger partial charge in [0.25, 0.3) is 5.91 Å². The third-order valence-corrected chi connectivity index (χ3v) is 6.14. The molecule has 3 heterocycles. The van der Waals surface area contributed by atoms with E-state index in [1.165, 1.54) is 11.1 Å². The Hall–Kier alpha value is -1.82. The van der Waals surface area contributed by atoms with Crippen LogP contribution in [0.1, 0.15) is 46.9 Å². The second-order valence-corrected chi connectivity index (χ2v) is 8.71. The topological polar surface area (TPSA) is 45.7 Å². The molecule has 0 saturated carbocycles. The van der Waals surface area contributed by atoms with Gasteiger partial charge in [-0.25, -0.2) is 4.98 Å². The highest BCUT2D eigenvalue weighted by molar-refractivity contribution is 6.36. The van der Waals surface area contributed by atoms with Gasteiger partial charge in [0.2, 0.25) is 0 Å². The molecule has 4 rings (SSSR count). The second-order valence-electron chi connectivity index (χ2n) is 7.86. The van der Waals surface area contributed by atoms with Gasteiger partial charge in [-0.1, -0.05) is 37.0 Å². The number of rotatable bonds is 3. The van der Waals surface area contributed by atoms with E-state index in [0.717, 1.165) is 37.6 Å². The predicted octanol–water partition coefficient (Wildman–Crippen LogP) is 4.55. The molecule has 0 bridgehead atoms. The third kappa shape index (κ3) is 4.23. The van der Waals surface area contributed by atoms with E-state index in [4.69, 9.17) is 32.9 Å². The second kappa shape index (κ2) is 8.50. The fraction of sp³-hybridized carbons (Fsp3) is 0.455. The van der Waals surface area contributed by atoms with Crippen molar-refractivity contribution in [3.8, 4) is 0 Å². The Morgan fingerprint density at radius 1 is 1.14 bits per heavy atom. The first-order valence-corrected chi connectivity index (χ1v) is 10.8. The summed E-state index contributed by atoms with van der Waals surface area (Å²) in [6.45, 7) is 8.53. The Morgan fingerprint density at radius 3 is 2.59 bits per heavy atom. The van der Waals surface area contributed by atoms with Crippen LogP contribution in [-0.4, -0.2) is 48.6 Å². The zero-order valence-electron chi connectivity index (χ0n) is 16.8. The summed E-state index contributed by atoms with van der Waals surface area (Å²) in [6, 6.07) is 7.21. The van der Waals surface area contributed by atoms with Crippen LogP contribution in [0.25, 0.3) is 0 Å². The van der Waals surface area contributed by atoms with Crippen LogP contribution in [0.3, 0.4) is 0 Å². The number of fused-ring (bicyclic) bond motifs is 1. The summed E-state index contributed by atoms with van der Waals surface area (Å²) in [6.07, 6.45) is 0.929. The van der Waals surface area contributed by atoms with Crippen LogP contribution < -0.4 is 4.90 Å². The van der Waals surface area contributed by atoms with E-state index in [2.05, 4.69) is 24.8 Å². The minimum absolute atomic E-state index is 0.0512. The Kier molecular flexibility index (Phi) is 6.00. The number of amides is 1. The highest BCUT2D eigenvalue weighted by Crippen LogP contribution is 2.30. The average Bonchev–Trinajstić information content (AvgIpc) is 2.72. The van der Waals surface area contributed by atoms with Gasteiger partial charge in [-0.2, -0.15) is 0 Å². The van der Waals surface area contributed by atoms with E-state index in [1.54, 1.807) is 18.2 Å². The number of hydrogen-bond donors (Lipinski definition) is 0. The van der Waals surface area contributed by atoms with Crippen molar-refractivity contribution in [1.82, 2.24) is 9.88 Å². The van der Waals surface area contributed by atoms with Gasteiger partial charge in [-0.3, -0.25) is 4.79 Å². The molecule has 5 nitrogen and oxygen atoms in total. The Balaban J connectivity index is 1.50. The largest absolute Gasteiger partial charge is 0.376 e. The van der Waals surface area contributed by atoms with Crippen molar-refractivity contribution >= 4 is 34.9 Å². The Labute approximate surface area is 181 Å². The SMILES string of the molecule is CC(C)c1nc(N2CCN(C(=O)c3ccc(Cl)cc3Cl)CC2)cc2c1COCC2. The molecule has 2 aromatic rings. The van der Waals surface area contributed by atoms with Crippen LogP contribution in [0.5, 0.6) is 0 Å². The van der Waals surface area contributed by atoms with Crippen molar-refractivity contribution in [2.24, 2.45) is 0 Å². The van der Waals surface area contributed by atoms with Crippen molar-refractivity contribution in [2.45, 2.75) is 32.8 Å². The lowest BCUT2D eigenvalue weighted by atomic mass is 9.96. The number of benzene rings is 1. The molecule has 1 amide bonds. The lowest BCUT2D eigenvalue weighted by Crippen LogP contribution is -2.49. The first-order valence-electron chi connectivity index (χ1n) is 10.0. The molecule has 2 aliphatic rings. The van der Waals surface area contributed by atoms with E-state index in [1.807, 2.05) is 4.90 Å². The molecule has 154 valence electrons. The number of hydrogen-bond acceptors (Lipinski definition) is 4. The summed E-state index contributed by atoms with van der Waals surface area (Å²) in [7, 11) is 0. The monoisotopic (exact) mass is 433 g/mol. The standard InChI is InChI=1S/C22H25Cl2N3O2/c1-14(2)21-18-13-29-10-5-15(18)11-20(25-21)26-6-8-27(9-7-26)22(28)17-4-3-16(23)12-19(17)24/h3-4,11-12,14H,5-10,13H2,1-2H3. The van der Waals surface area contributed by atoms with Crippen LogP contribution in [0.15, 0.2) is 24.3 Å². The smallest absolute Gasteiger partial charge is 0.255 e. The molecule has 0 aliphatic carbocycles. The normalized spacial score (nSPS) is 16.9. The van der Waals surface area contributed by atoms with E-state index >= 15 is 0 Å². The number of halogens is 2.